The molecule has 0 saturated carbocycles. The maximum Gasteiger partial charge on any atom is 0.211 e. The number of hydrogen-bond acceptors (Lipinski definition) is 4. The van der Waals surface area contributed by atoms with Crippen molar-refractivity contribution < 1.29 is 8.42 Å². The van der Waals surface area contributed by atoms with Crippen molar-refractivity contribution >= 4 is 10.0 Å². The van der Waals surface area contributed by atoms with Crippen molar-refractivity contribution in [3.05, 3.63) is 0 Å². The monoisotopic (exact) mass is 303 g/mol. The summed E-state index contributed by atoms with van der Waals surface area (Å²) in [4.78, 5) is 2.58. The molecule has 0 aromatic carbocycles. The van der Waals surface area contributed by atoms with E-state index in [-0.39, 0.29) is 0 Å². The van der Waals surface area contributed by atoms with E-state index in [4.69, 9.17) is 0 Å². The van der Waals surface area contributed by atoms with E-state index < -0.39 is 10.0 Å². The molecule has 2 aliphatic rings. The molecule has 0 amide bonds. The molecular formula is C14H29N3O2S. The zero-order valence-corrected chi connectivity index (χ0v) is 13.7. The van der Waals surface area contributed by atoms with Crippen LogP contribution in [0.15, 0.2) is 0 Å². The Kier molecular flexibility index (Phi) is 5.84. The fourth-order valence-electron chi connectivity index (χ4n) is 3.58. The largest absolute Gasteiger partial charge is 0.318 e. The molecule has 6 heteroatoms. The molecule has 1 N–H and O–H groups in total. The number of sulfonamides is 1. The first-order chi connectivity index (χ1) is 9.50. The summed E-state index contributed by atoms with van der Waals surface area (Å²) in [5.41, 5.74) is 0. The molecule has 0 aliphatic carbocycles. The number of likely N-dealkylation sites (tertiary alicyclic amines) is 1. The van der Waals surface area contributed by atoms with Gasteiger partial charge in [-0.3, -0.25) is 4.90 Å². The first-order valence-electron chi connectivity index (χ1n) is 7.84. The highest BCUT2D eigenvalue weighted by Crippen LogP contribution is 2.23. The van der Waals surface area contributed by atoms with Gasteiger partial charge in [0, 0.05) is 32.2 Å². The highest BCUT2D eigenvalue weighted by atomic mass is 32.2. The standard InChI is InChI=1S/C14H29N3O2S/c1-15-10-14-7-3-4-8-16(14)11-13-6-5-9-17(12-13)20(2,18)19/h13-15H,3-12H2,1-2H3. The van der Waals surface area contributed by atoms with Gasteiger partial charge in [0.15, 0.2) is 0 Å². The Morgan fingerprint density at radius 3 is 2.65 bits per heavy atom. The Morgan fingerprint density at radius 1 is 1.15 bits per heavy atom. The van der Waals surface area contributed by atoms with Gasteiger partial charge in [0.05, 0.1) is 6.26 Å². The second kappa shape index (κ2) is 7.20. The summed E-state index contributed by atoms with van der Waals surface area (Å²) in [5.74, 6) is 0.496. The molecule has 2 aliphatic heterocycles. The van der Waals surface area contributed by atoms with E-state index in [1.165, 1.54) is 32.1 Å². The zero-order chi connectivity index (χ0) is 14.6. The van der Waals surface area contributed by atoms with Crippen LogP contribution in [0.5, 0.6) is 0 Å². The Balaban J connectivity index is 1.91. The molecule has 2 unspecified atom stereocenters. The first kappa shape index (κ1) is 16.2. The number of nitrogens with one attached hydrogen (secondary N) is 1. The number of rotatable bonds is 5. The summed E-state index contributed by atoms with van der Waals surface area (Å²) in [6.45, 7) is 4.68. The van der Waals surface area contributed by atoms with Gasteiger partial charge >= 0.3 is 0 Å². The number of nitrogens with zero attached hydrogens (tertiary/aromatic N) is 2. The summed E-state index contributed by atoms with van der Waals surface area (Å²) in [6.07, 6.45) is 7.37. The minimum Gasteiger partial charge on any atom is -0.318 e. The molecule has 0 radical (unpaired) electrons. The first-order valence-corrected chi connectivity index (χ1v) is 9.69. The Labute approximate surface area is 123 Å². The fourth-order valence-corrected chi connectivity index (χ4v) is 4.52. The lowest BCUT2D eigenvalue weighted by Crippen LogP contribution is -2.49. The Morgan fingerprint density at radius 2 is 1.95 bits per heavy atom. The lowest BCUT2D eigenvalue weighted by Gasteiger charge is -2.40. The van der Waals surface area contributed by atoms with Gasteiger partial charge in [0.2, 0.25) is 10.0 Å². The summed E-state index contributed by atoms with van der Waals surface area (Å²) in [7, 11) is -1.01. The normalized spacial score (nSPS) is 30.5. The van der Waals surface area contributed by atoms with Crippen molar-refractivity contribution in [2.75, 3.05) is 46.0 Å². The third kappa shape index (κ3) is 4.41. The highest BCUT2D eigenvalue weighted by Gasteiger charge is 2.29. The van der Waals surface area contributed by atoms with Crippen LogP contribution < -0.4 is 5.32 Å². The summed E-state index contributed by atoms with van der Waals surface area (Å²) in [6, 6.07) is 0.627. The molecule has 2 rings (SSSR count). The van der Waals surface area contributed by atoms with Gasteiger partial charge in [-0.15, -0.1) is 0 Å². The predicted molar refractivity (Wildman–Crippen MR) is 82.3 cm³/mol. The molecule has 0 spiro atoms. The van der Waals surface area contributed by atoms with Crippen LogP contribution in [-0.4, -0.2) is 69.7 Å². The van der Waals surface area contributed by atoms with Crippen LogP contribution in [0.25, 0.3) is 0 Å². The van der Waals surface area contributed by atoms with Gasteiger partial charge in [-0.05, 0) is 45.2 Å². The van der Waals surface area contributed by atoms with Gasteiger partial charge in [0.1, 0.15) is 0 Å². The minimum atomic E-state index is -3.02. The molecule has 0 bridgehead atoms. The molecule has 0 aromatic rings. The van der Waals surface area contributed by atoms with Gasteiger partial charge in [-0.25, -0.2) is 12.7 Å². The lowest BCUT2D eigenvalue weighted by molar-refractivity contribution is 0.106. The molecule has 2 heterocycles. The van der Waals surface area contributed by atoms with Gasteiger partial charge in [-0.1, -0.05) is 6.42 Å². The second-order valence-electron chi connectivity index (χ2n) is 6.33. The second-order valence-corrected chi connectivity index (χ2v) is 8.31. The summed E-state index contributed by atoms with van der Waals surface area (Å²) < 4.78 is 25.1. The van der Waals surface area contributed by atoms with Gasteiger partial charge < -0.3 is 5.32 Å². The topological polar surface area (TPSA) is 52.6 Å². The van der Waals surface area contributed by atoms with E-state index in [9.17, 15) is 8.42 Å². The molecule has 5 nitrogen and oxygen atoms in total. The maximum absolute atomic E-state index is 11.7. The van der Waals surface area contributed by atoms with Crippen LogP contribution in [0.1, 0.15) is 32.1 Å². The van der Waals surface area contributed by atoms with Crippen molar-refractivity contribution in [2.24, 2.45) is 5.92 Å². The number of piperidine rings is 2. The Bertz CT molecular complexity index is 397. The van der Waals surface area contributed by atoms with Crippen LogP contribution in [-0.2, 0) is 10.0 Å². The highest BCUT2D eigenvalue weighted by molar-refractivity contribution is 7.88. The van der Waals surface area contributed by atoms with Crippen molar-refractivity contribution in [1.29, 1.82) is 0 Å². The predicted octanol–water partition coefficient (Wildman–Crippen LogP) is 0.732. The van der Waals surface area contributed by atoms with Crippen LogP contribution in [0.4, 0.5) is 0 Å². The number of hydrogen-bond donors (Lipinski definition) is 1. The number of likely N-dealkylation sites (N-methyl/N-ethyl adjacent to an activating group) is 1. The van der Waals surface area contributed by atoms with Crippen LogP contribution in [0.3, 0.4) is 0 Å². The molecule has 0 aromatic heterocycles. The minimum absolute atomic E-state index is 0.496. The van der Waals surface area contributed by atoms with Crippen molar-refractivity contribution in [2.45, 2.75) is 38.1 Å². The van der Waals surface area contributed by atoms with Crippen molar-refractivity contribution in [3.8, 4) is 0 Å². The average Bonchev–Trinajstić information content (AvgIpc) is 2.41. The zero-order valence-electron chi connectivity index (χ0n) is 12.8. The molecule has 2 atom stereocenters. The average molecular weight is 303 g/mol. The van der Waals surface area contributed by atoms with E-state index >= 15 is 0 Å². The molecule has 118 valence electrons. The van der Waals surface area contributed by atoms with Crippen molar-refractivity contribution in [1.82, 2.24) is 14.5 Å². The van der Waals surface area contributed by atoms with Gasteiger partial charge in [-0.2, -0.15) is 0 Å². The smallest absolute Gasteiger partial charge is 0.211 e. The third-order valence-corrected chi connectivity index (χ3v) is 5.90. The fraction of sp³-hybridized carbons (Fsp3) is 1.00. The van der Waals surface area contributed by atoms with Crippen LogP contribution >= 0.6 is 0 Å². The van der Waals surface area contributed by atoms with E-state index in [1.54, 1.807) is 4.31 Å². The Hall–Kier alpha value is -0.170. The third-order valence-electron chi connectivity index (χ3n) is 4.63. The van der Waals surface area contributed by atoms with Crippen molar-refractivity contribution in [3.63, 3.8) is 0 Å². The molecule has 2 saturated heterocycles. The summed E-state index contributed by atoms with van der Waals surface area (Å²) in [5, 5.41) is 3.29. The van der Waals surface area contributed by atoms with Gasteiger partial charge in [0.25, 0.3) is 0 Å². The maximum atomic E-state index is 11.7. The SMILES string of the molecule is CNCC1CCCCN1CC1CCCN(S(C)(=O)=O)C1. The molecule has 2 fully saturated rings. The van der Waals surface area contributed by atoms with Crippen LogP contribution in [0, 0.1) is 5.92 Å². The van der Waals surface area contributed by atoms with E-state index in [0.717, 1.165) is 25.9 Å². The summed E-state index contributed by atoms with van der Waals surface area (Å²) >= 11 is 0. The quantitative estimate of drug-likeness (QED) is 0.814. The van der Waals surface area contributed by atoms with E-state index in [0.29, 0.717) is 25.0 Å². The van der Waals surface area contributed by atoms with Crippen LogP contribution in [0.2, 0.25) is 0 Å². The van der Waals surface area contributed by atoms with E-state index in [2.05, 4.69) is 10.2 Å². The molecule has 20 heavy (non-hydrogen) atoms. The molecular weight excluding hydrogens is 274 g/mol. The van der Waals surface area contributed by atoms with E-state index in [1.807, 2.05) is 7.05 Å². The lowest BCUT2D eigenvalue weighted by atomic mass is 9.95.